The predicted molar refractivity (Wildman–Crippen MR) is 90.1 cm³/mol. The zero-order valence-electron chi connectivity index (χ0n) is 15.0. The van der Waals surface area contributed by atoms with E-state index in [2.05, 4.69) is 4.98 Å². The number of nitrogens with zero attached hydrogens (tertiary/aromatic N) is 4. The third kappa shape index (κ3) is 2.98. The highest BCUT2D eigenvalue weighted by atomic mass is 16.5. The van der Waals surface area contributed by atoms with Crippen molar-refractivity contribution in [3.63, 3.8) is 0 Å². The second-order valence-electron chi connectivity index (χ2n) is 6.91. The first-order valence-electron chi connectivity index (χ1n) is 8.36. The highest BCUT2D eigenvalue weighted by Crippen LogP contribution is 2.40. The largest absolute Gasteiger partial charge is 0.384 e. The average Bonchev–Trinajstić information content (AvgIpc) is 2.98. The summed E-state index contributed by atoms with van der Waals surface area (Å²) in [5.74, 6) is 0.858. The molecule has 1 aromatic rings. The summed E-state index contributed by atoms with van der Waals surface area (Å²) in [5.41, 5.74) is 2.89. The lowest BCUT2D eigenvalue weighted by atomic mass is 9.80. The normalized spacial score (nSPS) is 22.8. The van der Waals surface area contributed by atoms with Crippen molar-refractivity contribution < 1.29 is 14.3 Å². The molecule has 1 amide bonds. The SMILES string of the molecule is COCCC(=O)N1CCC2(COCc3c(C)nc(N(C)C)nc32)C1. The van der Waals surface area contributed by atoms with Gasteiger partial charge in [-0.15, -0.1) is 0 Å². The van der Waals surface area contributed by atoms with Crippen LogP contribution in [0.2, 0.25) is 0 Å². The van der Waals surface area contributed by atoms with Crippen molar-refractivity contribution in [2.24, 2.45) is 0 Å². The summed E-state index contributed by atoms with van der Waals surface area (Å²) in [7, 11) is 5.51. The quantitative estimate of drug-likeness (QED) is 0.814. The van der Waals surface area contributed by atoms with Crippen molar-refractivity contribution in [1.82, 2.24) is 14.9 Å². The van der Waals surface area contributed by atoms with Crippen LogP contribution in [-0.4, -0.2) is 68.3 Å². The molecule has 1 saturated heterocycles. The van der Waals surface area contributed by atoms with Gasteiger partial charge in [0.05, 0.1) is 37.4 Å². The molecule has 3 rings (SSSR count). The van der Waals surface area contributed by atoms with Crippen molar-refractivity contribution in [2.75, 3.05) is 52.4 Å². The molecule has 3 heterocycles. The van der Waals surface area contributed by atoms with Crippen LogP contribution in [0.4, 0.5) is 5.95 Å². The number of fused-ring (bicyclic) bond motifs is 2. The Bertz CT molecular complexity index is 635. The van der Waals surface area contributed by atoms with Crippen molar-refractivity contribution in [1.29, 1.82) is 0 Å². The standard InChI is InChI=1S/C17H26N4O3/c1-12-13-9-24-11-17(15(13)19-16(18-12)20(2)3)6-7-21(10-17)14(22)5-8-23-4/h5-11H2,1-4H3. The molecule has 0 aromatic carbocycles. The molecule has 2 aliphatic rings. The van der Waals surface area contributed by atoms with Crippen molar-refractivity contribution in [2.45, 2.75) is 31.8 Å². The molecule has 0 radical (unpaired) electrons. The van der Waals surface area contributed by atoms with Crippen LogP contribution in [0.3, 0.4) is 0 Å². The van der Waals surface area contributed by atoms with E-state index in [1.807, 2.05) is 30.8 Å². The minimum Gasteiger partial charge on any atom is -0.384 e. The monoisotopic (exact) mass is 334 g/mol. The van der Waals surface area contributed by atoms with E-state index in [0.29, 0.717) is 32.8 Å². The summed E-state index contributed by atoms with van der Waals surface area (Å²) in [6, 6.07) is 0. The molecule has 0 saturated carbocycles. The number of rotatable bonds is 4. The van der Waals surface area contributed by atoms with Crippen LogP contribution >= 0.6 is 0 Å². The van der Waals surface area contributed by atoms with Gasteiger partial charge in [-0.1, -0.05) is 0 Å². The zero-order chi connectivity index (χ0) is 17.3. The summed E-state index contributed by atoms with van der Waals surface area (Å²) in [4.78, 5) is 25.6. The van der Waals surface area contributed by atoms with Crippen LogP contribution in [0.5, 0.6) is 0 Å². The van der Waals surface area contributed by atoms with Gasteiger partial charge in [0.2, 0.25) is 11.9 Å². The Labute approximate surface area is 143 Å². The lowest BCUT2D eigenvalue weighted by Crippen LogP contribution is -2.42. The first-order valence-corrected chi connectivity index (χ1v) is 8.36. The van der Waals surface area contributed by atoms with E-state index in [4.69, 9.17) is 14.5 Å². The molecule has 132 valence electrons. The van der Waals surface area contributed by atoms with Crippen LogP contribution in [0.25, 0.3) is 0 Å². The lowest BCUT2D eigenvalue weighted by molar-refractivity contribution is -0.131. The summed E-state index contributed by atoms with van der Waals surface area (Å²) >= 11 is 0. The lowest BCUT2D eigenvalue weighted by Gasteiger charge is -2.35. The van der Waals surface area contributed by atoms with Crippen molar-refractivity contribution >= 4 is 11.9 Å². The number of hydrogen-bond acceptors (Lipinski definition) is 6. The molecule has 0 aliphatic carbocycles. The van der Waals surface area contributed by atoms with Crippen LogP contribution in [-0.2, 0) is 26.3 Å². The topological polar surface area (TPSA) is 67.8 Å². The Morgan fingerprint density at radius 3 is 2.92 bits per heavy atom. The molecule has 1 fully saturated rings. The first kappa shape index (κ1) is 17.1. The number of carbonyl (C=O) groups is 1. The van der Waals surface area contributed by atoms with Gasteiger partial charge < -0.3 is 19.3 Å². The summed E-state index contributed by atoms with van der Waals surface area (Å²) in [6.07, 6.45) is 1.30. The maximum atomic E-state index is 12.3. The highest BCUT2D eigenvalue weighted by molar-refractivity contribution is 5.77. The third-order valence-corrected chi connectivity index (χ3v) is 4.96. The maximum absolute atomic E-state index is 12.3. The number of carbonyl (C=O) groups excluding carboxylic acids is 1. The maximum Gasteiger partial charge on any atom is 0.225 e. The number of anilines is 1. The summed E-state index contributed by atoms with van der Waals surface area (Å²) in [5, 5.41) is 0. The average molecular weight is 334 g/mol. The number of likely N-dealkylation sites (tertiary alicyclic amines) is 1. The number of ether oxygens (including phenoxy) is 2. The Morgan fingerprint density at radius 2 is 2.21 bits per heavy atom. The van der Waals surface area contributed by atoms with Crippen LogP contribution in [0.1, 0.15) is 29.8 Å². The molecule has 7 nitrogen and oxygen atoms in total. The molecule has 24 heavy (non-hydrogen) atoms. The van der Waals surface area contributed by atoms with E-state index in [9.17, 15) is 4.79 Å². The summed E-state index contributed by atoms with van der Waals surface area (Å²) < 4.78 is 10.9. The van der Waals surface area contributed by atoms with E-state index in [1.165, 1.54) is 0 Å². The zero-order valence-corrected chi connectivity index (χ0v) is 15.0. The number of methoxy groups -OCH3 is 1. The van der Waals surface area contributed by atoms with Crippen LogP contribution in [0.15, 0.2) is 0 Å². The van der Waals surface area contributed by atoms with Crippen molar-refractivity contribution in [3.8, 4) is 0 Å². The fourth-order valence-corrected chi connectivity index (χ4v) is 3.55. The van der Waals surface area contributed by atoms with Gasteiger partial charge in [-0.25, -0.2) is 9.97 Å². The molecule has 0 N–H and O–H groups in total. The second kappa shape index (κ2) is 6.64. The number of aromatic nitrogens is 2. The number of hydrogen-bond donors (Lipinski definition) is 0. The van der Waals surface area contributed by atoms with E-state index in [0.717, 1.165) is 35.9 Å². The molecule has 1 spiro atoms. The van der Waals surface area contributed by atoms with Gasteiger partial charge in [-0.05, 0) is 13.3 Å². The van der Waals surface area contributed by atoms with Gasteiger partial charge in [0, 0.05) is 45.6 Å². The molecule has 1 atom stereocenters. The number of aryl methyl sites for hydroxylation is 1. The van der Waals surface area contributed by atoms with E-state index < -0.39 is 0 Å². The van der Waals surface area contributed by atoms with E-state index >= 15 is 0 Å². The minimum absolute atomic E-state index is 0.138. The Kier molecular flexibility index (Phi) is 4.73. The Morgan fingerprint density at radius 1 is 1.42 bits per heavy atom. The third-order valence-electron chi connectivity index (χ3n) is 4.96. The molecular weight excluding hydrogens is 308 g/mol. The highest BCUT2D eigenvalue weighted by Gasteiger charge is 2.46. The van der Waals surface area contributed by atoms with Gasteiger partial charge >= 0.3 is 0 Å². The van der Waals surface area contributed by atoms with Gasteiger partial charge in [-0.3, -0.25) is 4.79 Å². The van der Waals surface area contributed by atoms with E-state index in [-0.39, 0.29) is 11.3 Å². The smallest absolute Gasteiger partial charge is 0.225 e. The van der Waals surface area contributed by atoms with Gasteiger partial charge in [0.25, 0.3) is 0 Å². The fourth-order valence-electron chi connectivity index (χ4n) is 3.55. The Balaban J connectivity index is 1.90. The minimum atomic E-state index is -0.214. The Hall–Kier alpha value is -1.73. The molecular formula is C17H26N4O3. The molecule has 7 heteroatoms. The molecule has 1 aromatic heterocycles. The van der Waals surface area contributed by atoms with Crippen LogP contribution in [0, 0.1) is 6.92 Å². The first-order chi connectivity index (χ1) is 11.5. The predicted octanol–water partition coefficient (Wildman–Crippen LogP) is 0.888. The van der Waals surface area contributed by atoms with E-state index in [1.54, 1.807) is 7.11 Å². The number of amides is 1. The molecule has 1 unspecified atom stereocenters. The van der Waals surface area contributed by atoms with Crippen LogP contribution < -0.4 is 4.90 Å². The van der Waals surface area contributed by atoms with Gasteiger partial charge in [0.1, 0.15) is 0 Å². The summed E-state index contributed by atoms with van der Waals surface area (Å²) in [6.45, 7) is 5.02. The van der Waals surface area contributed by atoms with Gasteiger partial charge in [0.15, 0.2) is 0 Å². The van der Waals surface area contributed by atoms with Crippen molar-refractivity contribution in [3.05, 3.63) is 17.0 Å². The fraction of sp³-hybridized carbons (Fsp3) is 0.706. The second-order valence-corrected chi connectivity index (χ2v) is 6.91. The molecule has 0 bridgehead atoms. The van der Waals surface area contributed by atoms with Gasteiger partial charge in [-0.2, -0.15) is 0 Å². The molecule has 2 aliphatic heterocycles.